The largest absolute Gasteiger partial charge is 0.327 e. The highest BCUT2D eigenvalue weighted by Gasteiger charge is 2.38. The smallest absolute Gasteiger partial charge is 0.250 e. The van der Waals surface area contributed by atoms with E-state index in [-0.39, 0.29) is 37.9 Å². The third-order valence-electron chi connectivity index (χ3n) is 6.12. The molecule has 0 bridgehead atoms. The maximum Gasteiger partial charge on any atom is 0.250 e. The molecule has 5 rings (SSSR count). The molecule has 1 unspecified atom stereocenters. The molecule has 0 saturated carbocycles. The number of amides is 1. The average molecular weight is 529 g/mol. The summed E-state index contributed by atoms with van der Waals surface area (Å²) < 4.78 is 28.1. The van der Waals surface area contributed by atoms with E-state index >= 15 is 0 Å². The lowest BCUT2D eigenvalue weighted by molar-refractivity contribution is -0.114. The topological polar surface area (TPSA) is 86.8 Å². The second kappa shape index (κ2) is 10.0. The maximum atomic E-state index is 14.1. The van der Waals surface area contributed by atoms with Crippen LogP contribution < -0.4 is 5.32 Å². The van der Waals surface area contributed by atoms with Crippen LogP contribution in [0.2, 0.25) is 5.02 Å². The highest BCUT2D eigenvalue weighted by molar-refractivity contribution is 7.19. The van der Waals surface area contributed by atoms with Gasteiger partial charge in [-0.3, -0.25) is 9.69 Å². The van der Waals surface area contributed by atoms with Crippen LogP contribution in [0.4, 0.5) is 14.6 Å². The summed E-state index contributed by atoms with van der Waals surface area (Å²) in [6.45, 7) is 1.94. The molecule has 1 aromatic carbocycles. The van der Waals surface area contributed by atoms with Crippen molar-refractivity contribution in [3.63, 3.8) is 0 Å². The molecule has 7 nitrogen and oxygen atoms in total. The van der Waals surface area contributed by atoms with E-state index in [1.54, 1.807) is 12.3 Å². The Hall–Kier alpha value is -3.21. The number of piperidine rings is 1. The number of rotatable bonds is 6. The fourth-order valence-electron chi connectivity index (χ4n) is 4.43. The van der Waals surface area contributed by atoms with Gasteiger partial charge in [-0.05, 0) is 47.0 Å². The van der Waals surface area contributed by atoms with Crippen LogP contribution in [0.25, 0.3) is 21.1 Å². The van der Waals surface area contributed by atoms with E-state index in [0.717, 1.165) is 26.4 Å². The van der Waals surface area contributed by atoms with E-state index in [4.69, 9.17) is 11.6 Å². The van der Waals surface area contributed by atoms with Gasteiger partial charge >= 0.3 is 0 Å². The number of aromatic amines is 1. The number of anilines is 1. The molecular formula is C25H23ClF2N6OS. The second-order valence-corrected chi connectivity index (χ2v) is 10.2. The Kier molecular flexibility index (Phi) is 6.83. The molecule has 1 aliphatic heterocycles. The molecule has 11 heteroatoms. The van der Waals surface area contributed by atoms with Crippen molar-refractivity contribution >= 4 is 34.7 Å². The van der Waals surface area contributed by atoms with Crippen molar-refractivity contribution in [3.8, 4) is 21.1 Å². The SMILES string of the molecule is CC(=O)Nc1cc(-c2cc(C(c3ccc(Cl)cc3)N3CCC(F)(F)CC3)c(-c3nnc[nH]3)s2)ccn1. The van der Waals surface area contributed by atoms with Crippen molar-refractivity contribution in [2.45, 2.75) is 31.7 Å². The van der Waals surface area contributed by atoms with Crippen molar-refractivity contribution in [1.29, 1.82) is 0 Å². The molecule has 4 heterocycles. The lowest BCUT2D eigenvalue weighted by Crippen LogP contribution is -2.41. The van der Waals surface area contributed by atoms with E-state index in [2.05, 4.69) is 36.4 Å². The van der Waals surface area contributed by atoms with Gasteiger partial charge in [0.15, 0.2) is 5.82 Å². The summed E-state index contributed by atoms with van der Waals surface area (Å²) in [4.78, 5) is 22.7. The molecule has 3 aromatic heterocycles. The molecule has 2 N–H and O–H groups in total. The van der Waals surface area contributed by atoms with E-state index < -0.39 is 5.92 Å². The average Bonchev–Trinajstić information content (AvgIpc) is 3.52. The number of hydrogen-bond acceptors (Lipinski definition) is 6. The first-order valence-corrected chi connectivity index (χ1v) is 12.6. The number of pyridine rings is 1. The maximum absolute atomic E-state index is 14.1. The fraction of sp³-hybridized carbons (Fsp3) is 0.280. The zero-order valence-electron chi connectivity index (χ0n) is 19.3. The van der Waals surface area contributed by atoms with Crippen LogP contribution in [0.1, 0.15) is 36.9 Å². The van der Waals surface area contributed by atoms with Crippen LogP contribution in [0.3, 0.4) is 0 Å². The molecule has 0 radical (unpaired) electrons. The first-order chi connectivity index (χ1) is 17.3. The standard InChI is InChI=1S/C25H23ClF2N6OS/c1-15(35)32-21-12-17(6-9-29-21)20-13-19(23(36-20)24-30-14-31-33-24)22(16-2-4-18(26)5-3-16)34-10-7-25(27,28)8-11-34/h2-6,9,12-14,22H,7-8,10-11H2,1H3,(H,29,32,35)(H,30,31,33). The van der Waals surface area contributed by atoms with Crippen LogP contribution in [0.5, 0.6) is 0 Å². The molecule has 0 spiro atoms. The second-order valence-electron chi connectivity index (χ2n) is 8.69. The van der Waals surface area contributed by atoms with E-state index in [1.807, 2.05) is 30.3 Å². The van der Waals surface area contributed by atoms with Crippen molar-refractivity contribution in [1.82, 2.24) is 25.1 Å². The molecule has 1 aliphatic rings. The zero-order valence-corrected chi connectivity index (χ0v) is 20.9. The molecule has 1 amide bonds. The van der Waals surface area contributed by atoms with Gasteiger partial charge in [0.2, 0.25) is 5.91 Å². The van der Waals surface area contributed by atoms with Crippen LogP contribution in [-0.2, 0) is 4.79 Å². The number of likely N-dealkylation sites (tertiary alicyclic amines) is 1. The minimum absolute atomic E-state index is 0.198. The van der Waals surface area contributed by atoms with Crippen molar-refractivity contribution in [3.05, 3.63) is 71.1 Å². The van der Waals surface area contributed by atoms with Crippen LogP contribution >= 0.6 is 22.9 Å². The minimum atomic E-state index is -2.66. The van der Waals surface area contributed by atoms with Gasteiger partial charge in [0.05, 0.1) is 10.9 Å². The Labute approximate surface area is 215 Å². The van der Waals surface area contributed by atoms with Gasteiger partial charge in [-0.25, -0.2) is 13.8 Å². The van der Waals surface area contributed by atoms with Crippen molar-refractivity contribution < 1.29 is 13.6 Å². The number of halogens is 3. The Morgan fingerprint density at radius 3 is 2.61 bits per heavy atom. The summed E-state index contributed by atoms with van der Waals surface area (Å²) in [7, 11) is 0. The monoisotopic (exact) mass is 528 g/mol. The van der Waals surface area contributed by atoms with Gasteiger partial charge in [0.25, 0.3) is 5.92 Å². The quantitative estimate of drug-likeness (QED) is 0.319. The molecule has 4 aromatic rings. The number of alkyl halides is 2. The lowest BCUT2D eigenvalue weighted by atomic mass is 9.93. The fourth-order valence-corrected chi connectivity index (χ4v) is 5.69. The van der Waals surface area contributed by atoms with Gasteiger partial charge < -0.3 is 10.3 Å². The van der Waals surface area contributed by atoms with Crippen LogP contribution in [0, 0.1) is 0 Å². The number of nitrogens with zero attached hydrogens (tertiary/aromatic N) is 4. The van der Waals surface area contributed by atoms with Gasteiger partial charge in [-0.1, -0.05) is 23.7 Å². The molecule has 1 atom stereocenters. The lowest BCUT2D eigenvalue weighted by Gasteiger charge is -2.38. The molecular weight excluding hydrogens is 506 g/mol. The number of carbonyl (C=O) groups is 1. The molecule has 1 saturated heterocycles. The normalized spacial score (nSPS) is 16.6. The van der Waals surface area contributed by atoms with Crippen LogP contribution in [0.15, 0.2) is 55.0 Å². The number of thiophene rings is 1. The summed E-state index contributed by atoms with van der Waals surface area (Å²) in [6.07, 6.45) is 2.75. The first-order valence-electron chi connectivity index (χ1n) is 11.4. The zero-order chi connectivity index (χ0) is 25.3. The number of hydrogen-bond donors (Lipinski definition) is 2. The molecule has 36 heavy (non-hydrogen) atoms. The van der Waals surface area contributed by atoms with Crippen LogP contribution in [-0.4, -0.2) is 50.0 Å². The summed E-state index contributed by atoms with van der Waals surface area (Å²) >= 11 is 7.68. The summed E-state index contributed by atoms with van der Waals surface area (Å²) in [5.74, 6) is -1.83. The number of carbonyl (C=O) groups excluding carboxylic acids is 1. The number of aromatic nitrogens is 4. The Balaban J connectivity index is 1.63. The molecule has 1 fully saturated rings. The van der Waals surface area contributed by atoms with Gasteiger partial charge in [-0.15, -0.1) is 21.5 Å². The van der Waals surface area contributed by atoms with Crippen molar-refractivity contribution in [2.75, 3.05) is 18.4 Å². The molecule has 186 valence electrons. The summed E-state index contributed by atoms with van der Waals surface area (Å²) in [6, 6.07) is 12.9. The number of H-pyrrole nitrogens is 1. The summed E-state index contributed by atoms with van der Waals surface area (Å²) in [5, 5.41) is 11.5. The third-order valence-corrected chi connectivity index (χ3v) is 7.57. The van der Waals surface area contributed by atoms with E-state index in [9.17, 15) is 13.6 Å². The highest BCUT2D eigenvalue weighted by atomic mass is 35.5. The van der Waals surface area contributed by atoms with Crippen molar-refractivity contribution in [2.24, 2.45) is 0 Å². The van der Waals surface area contributed by atoms with E-state index in [1.165, 1.54) is 24.6 Å². The van der Waals surface area contributed by atoms with E-state index in [0.29, 0.717) is 16.7 Å². The molecule has 0 aliphatic carbocycles. The number of benzene rings is 1. The van der Waals surface area contributed by atoms with Gasteiger partial charge in [0, 0.05) is 49.0 Å². The predicted octanol–water partition coefficient (Wildman–Crippen LogP) is 6.03. The van der Waals surface area contributed by atoms with Gasteiger partial charge in [0.1, 0.15) is 12.1 Å². The summed E-state index contributed by atoms with van der Waals surface area (Å²) in [5.41, 5.74) is 2.74. The first kappa shape index (κ1) is 24.5. The minimum Gasteiger partial charge on any atom is -0.327 e. The Morgan fingerprint density at radius 1 is 1.19 bits per heavy atom. The Bertz CT molecular complexity index is 1350. The predicted molar refractivity (Wildman–Crippen MR) is 136 cm³/mol. The number of nitrogens with one attached hydrogen (secondary N) is 2. The Morgan fingerprint density at radius 2 is 1.94 bits per heavy atom. The third kappa shape index (κ3) is 5.30. The van der Waals surface area contributed by atoms with Gasteiger partial charge in [-0.2, -0.15) is 0 Å². The highest BCUT2D eigenvalue weighted by Crippen LogP contribution is 2.45.